The Hall–Kier alpha value is -4.74. The Morgan fingerprint density at radius 1 is 0.936 bits per heavy atom. The van der Waals surface area contributed by atoms with Crippen molar-refractivity contribution in [1.82, 2.24) is 10.3 Å². The zero-order chi connectivity index (χ0) is 33.2. The maximum Gasteiger partial charge on any atom is 0.341 e. The third-order valence-electron chi connectivity index (χ3n) is 7.60. The van der Waals surface area contributed by atoms with E-state index in [9.17, 15) is 19.2 Å². The molecule has 1 atom stereocenters. The van der Waals surface area contributed by atoms with Crippen LogP contribution in [0, 0.1) is 0 Å². The Morgan fingerprint density at radius 3 is 2.47 bits per heavy atom. The zero-order valence-electron chi connectivity index (χ0n) is 26.2. The largest absolute Gasteiger partial charge is 0.465 e. The molecule has 3 N–H and O–H groups in total. The van der Waals surface area contributed by atoms with Crippen LogP contribution in [-0.4, -0.2) is 41.0 Å². The van der Waals surface area contributed by atoms with Crippen molar-refractivity contribution in [3.63, 3.8) is 0 Å². The molecule has 0 radical (unpaired) electrons. The summed E-state index contributed by atoms with van der Waals surface area (Å²) >= 11 is 2.79. The summed E-state index contributed by atoms with van der Waals surface area (Å²) in [4.78, 5) is 58.5. The summed E-state index contributed by atoms with van der Waals surface area (Å²) in [7, 11) is 1.36. The van der Waals surface area contributed by atoms with Gasteiger partial charge in [-0.25, -0.2) is 4.79 Å². The fourth-order valence-corrected chi connectivity index (χ4v) is 7.42. The Balaban J connectivity index is 1.28. The number of thiophene rings is 1. The van der Waals surface area contributed by atoms with E-state index in [0.29, 0.717) is 27.4 Å². The molecule has 11 heteroatoms. The predicted molar refractivity (Wildman–Crippen MR) is 187 cm³/mol. The summed E-state index contributed by atoms with van der Waals surface area (Å²) < 4.78 is 5.10. The number of esters is 1. The minimum atomic E-state index is -0.519. The number of hydrogen-bond acceptors (Lipinski definition) is 8. The lowest BCUT2D eigenvalue weighted by molar-refractivity contribution is -0.115. The molecule has 0 saturated heterocycles. The molecule has 2 heterocycles. The minimum absolute atomic E-state index is 0.0455. The Morgan fingerprint density at radius 2 is 1.72 bits per heavy atom. The number of hydrogen-bond donors (Lipinski definition) is 3. The van der Waals surface area contributed by atoms with Gasteiger partial charge in [0.05, 0.1) is 17.9 Å². The lowest BCUT2D eigenvalue weighted by Gasteiger charge is -2.14. The van der Waals surface area contributed by atoms with Crippen molar-refractivity contribution < 1.29 is 23.9 Å². The van der Waals surface area contributed by atoms with Crippen LogP contribution in [0.15, 0.2) is 89.7 Å². The summed E-state index contributed by atoms with van der Waals surface area (Å²) in [6.07, 6.45) is 10.8. The molecule has 242 valence electrons. The molecule has 2 aromatic carbocycles. The van der Waals surface area contributed by atoms with Crippen LogP contribution in [0.4, 0.5) is 10.7 Å². The first-order chi connectivity index (χ1) is 22.8. The van der Waals surface area contributed by atoms with E-state index in [-0.39, 0.29) is 11.6 Å². The van der Waals surface area contributed by atoms with Crippen LogP contribution in [0.1, 0.15) is 69.3 Å². The van der Waals surface area contributed by atoms with Crippen LogP contribution in [0.2, 0.25) is 0 Å². The number of thioether (sulfide) groups is 1. The lowest BCUT2D eigenvalue weighted by atomic mass is 9.96. The van der Waals surface area contributed by atoms with Gasteiger partial charge in [0.1, 0.15) is 10.7 Å². The number of nitrogens with zero attached hydrogens (tertiary/aromatic N) is 1. The molecule has 1 aliphatic rings. The average molecular weight is 669 g/mol. The minimum Gasteiger partial charge on any atom is -0.465 e. The molecule has 47 heavy (non-hydrogen) atoms. The predicted octanol–water partition coefficient (Wildman–Crippen LogP) is 7.12. The number of methoxy groups -OCH3 is 1. The van der Waals surface area contributed by atoms with Crippen LogP contribution in [0.25, 0.3) is 6.08 Å². The Bertz CT molecular complexity index is 1770. The van der Waals surface area contributed by atoms with Gasteiger partial charge in [-0.05, 0) is 86.2 Å². The molecule has 4 aromatic rings. The third kappa shape index (κ3) is 8.96. The molecule has 0 bridgehead atoms. The highest BCUT2D eigenvalue weighted by molar-refractivity contribution is 8.00. The van der Waals surface area contributed by atoms with Gasteiger partial charge in [-0.1, -0.05) is 43.2 Å². The number of carbonyl (C=O) groups excluding carboxylic acids is 4. The van der Waals surface area contributed by atoms with E-state index in [2.05, 4.69) is 20.9 Å². The maximum absolute atomic E-state index is 13.4. The number of benzene rings is 2. The van der Waals surface area contributed by atoms with Crippen LogP contribution in [0.5, 0.6) is 0 Å². The molecule has 0 saturated carbocycles. The number of carbonyl (C=O) groups is 4. The number of ether oxygens (including phenoxy) is 1. The fourth-order valence-electron chi connectivity index (χ4n) is 5.21. The summed E-state index contributed by atoms with van der Waals surface area (Å²) in [6, 6.07) is 19.3. The number of anilines is 2. The standard InChI is InChI=1S/C36H36N4O5S2/c1-23(32(41)40-35-31(36(44)45-2)28-17-8-3-4-9-18-30(28)47-35)46-27-16-10-15-26(21-27)38-34(43)29(20-24-12-11-19-37-22-24)39-33(42)25-13-6-5-7-14-25/h5-7,10-16,19-23H,3-4,8-9,17-18H2,1-2H3,(H,38,43)(H,39,42)(H,40,41)/b29-20-. The average Bonchev–Trinajstić information content (AvgIpc) is 3.40. The summed E-state index contributed by atoms with van der Waals surface area (Å²) in [5.41, 5.74) is 3.06. The van der Waals surface area contributed by atoms with Crippen LogP contribution >= 0.6 is 23.1 Å². The molecular formula is C36H36N4O5S2. The zero-order valence-corrected chi connectivity index (χ0v) is 27.8. The highest BCUT2D eigenvalue weighted by Crippen LogP contribution is 2.38. The number of fused-ring (bicyclic) bond motifs is 1. The number of nitrogens with one attached hydrogen (secondary N) is 3. The molecule has 0 spiro atoms. The fraction of sp³-hybridized carbons (Fsp3) is 0.250. The van der Waals surface area contributed by atoms with Gasteiger partial charge in [-0.2, -0.15) is 0 Å². The van der Waals surface area contributed by atoms with E-state index in [1.807, 2.05) is 12.1 Å². The van der Waals surface area contributed by atoms with Crippen LogP contribution < -0.4 is 16.0 Å². The monoisotopic (exact) mass is 668 g/mol. The first-order valence-corrected chi connectivity index (χ1v) is 17.1. The molecule has 9 nitrogen and oxygen atoms in total. The van der Waals surface area contributed by atoms with Crippen molar-refractivity contribution >= 4 is 63.6 Å². The van der Waals surface area contributed by atoms with Crippen molar-refractivity contribution in [3.05, 3.63) is 112 Å². The van der Waals surface area contributed by atoms with Crippen molar-refractivity contribution in [2.24, 2.45) is 0 Å². The maximum atomic E-state index is 13.4. The highest BCUT2D eigenvalue weighted by atomic mass is 32.2. The van der Waals surface area contributed by atoms with Crippen molar-refractivity contribution in [2.75, 3.05) is 17.7 Å². The second kappa shape index (κ2) is 16.2. The van der Waals surface area contributed by atoms with E-state index in [1.165, 1.54) is 30.2 Å². The van der Waals surface area contributed by atoms with Gasteiger partial charge < -0.3 is 20.7 Å². The smallest absolute Gasteiger partial charge is 0.341 e. The lowest BCUT2D eigenvalue weighted by Crippen LogP contribution is -2.30. The van der Waals surface area contributed by atoms with Crippen molar-refractivity contribution in [3.8, 4) is 0 Å². The van der Waals surface area contributed by atoms with Gasteiger partial charge in [0.25, 0.3) is 11.8 Å². The van der Waals surface area contributed by atoms with Crippen molar-refractivity contribution in [2.45, 2.75) is 55.6 Å². The van der Waals surface area contributed by atoms with Gasteiger partial charge in [-0.3, -0.25) is 19.4 Å². The van der Waals surface area contributed by atoms with E-state index < -0.39 is 23.0 Å². The van der Waals surface area contributed by atoms with Gasteiger partial charge in [0.15, 0.2) is 0 Å². The highest BCUT2D eigenvalue weighted by Gasteiger charge is 2.27. The third-order valence-corrected chi connectivity index (χ3v) is 9.90. The van der Waals surface area contributed by atoms with Gasteiger partial charge >= 0.3 is 5.97 Å². The van der Waals surface area contributed by atoms with Gasteiger partial charge in [-0.15, -0.1) is 23.1 Å². The number of amides is 3. The van der Waals surface area contributed by atoms with E-state index in [1.54, 1.807) is 80.0 Å². The molecular weight excluding hydrogens is 633 g/mol. The number of pyridine rings is 1. The molecule has 1 aliphatic carbocycles. The Labute approximate surface area is 282 Å². The molecule has 0 fully saturated rings. The normalized spacial score (nSPS) is 13.7. The van der Waals surface area contributed by atoms with E-state index >= 15 is 0 Å². The van der Waals surface area contributed by atoms with Gasteiger partial charge in [0.2, 0.25) is 5.91 Å². The molecule has 5 rings (SSSR count). The topological polar surface area (TPSA) is 126 Å². The first kappa shape index (κ1) is 33.6. The van der Waals surface area contributed by atoms with Crippen molar-refractivity contribution in [1.29, 1.82) is 0 Å². The van der Waals surface area contributed by atoms with Crippen LogP contribution in [0.3, 0.4) is 0 Å². The quantitative estimate of drug-likeness (QED) is 0.0934. The van der Waals surface area contributed by atoms with Gasteiger partial charge in [0, 0.05) is 33.4 Å². The Kier molecular flexibility index (Phi) is 11.6. The SMILES string of the molecule is COC(=O)c1c(NC(=O)C(C)Sc2cccc(NC(=O)/C(=C/c3cccnc3)NC(=O)c3ccccc3)c2)sc2c1CCCCCC2. The molecule has 2 aromatic heterocycles. The molecule has 3 amide bonds. The number of aromatic nitrogens is 1. The molecule has 0 aliphatic heterocycles. The number of rotatable bonds is 10. The van der Waals surface area contributed by atoms with Crippen LogP contribution in [-0.2, 0) is 27.2 Å². The summed E-state index contributed by atoms with van der Waals surface area (Å²) in [6.45, 7) is 1.79. The number of aryl methyl sites for hydroxylation is 1. The first-order valence-electron chi connectivity index (χ1n) is 15.4. The summed E-state index contributed by atoms with van der Waals surface area (Å²) in [5, 5.41) is 8.60. The van der Waals surface area contributed by atoms with E-state index in [0.717, 1.165) is 53.9 Å². The molecule has 1 unspecified atom stereocenters. The van der Waals surface area contributed by atoms with E-state index in [4.69, 9.17) is 4.74 Å². The second-order valence-electron chi connectivity index (χ2n) is 11.0. The summed E-state index contributed by atoms with van der Waals surface area (Å²) in [5.74, 6) is -1.61. The second-order valence-corrected chi connectivity index (χ2v) is 13.5.